The van der Waals surface area contributed by atoms with Gasteiger partial charge < -0.3 is 24.8 Å². The van der Waals surface area contributed by atoms with E-state index in [0.29, 0.717) is 26.2 Å². The quantitative estimate of drug-likeness (QED) is 0.0369. The van der Waals surface area contributed by atoms with E-state index >= 15 is 0 Å². The van der Waals surface area contributed by atoms with Gasteiger partial charge in [-0.2, -0.15) is 0 Å². The summed E-state index contributed by atoms with van der Waals surface area (Å²) in [6.07, 6.45) is 44.8. The summed E-state index contributed by atoms with van der Waals surface area (Å²) in [7, 11) is 1.59. The third kappa shape index (κ3) is 38.8. The van der Waals surface area contributed by atoms with Crippen LogP contribution in [0.3, 0.4) is 0 Å². The van der Waals surface area contributed by atoms with E-state index in [1.54, 1.807) is 7.11 Å². The minimum absolute atomic E-state index is 0.0118. The lowest BCUT2D eigenvalue weighted by Crippen LogP contribution is -2.49. The van der Waals surface area contributed by atoms with Gasteiger partial charge in [0.15, 0.2) is 0 Å². The summed E-state index contributed by atoms with van der Waals surface area (Å²) in [4.78, 5) is 38.0. The Morgan fingerprint density at radius 3 is 1.53 bits per heavy atom. The maximum Gasteiger partial charge on any atom is 0.330 e. The predicted octanol–water partition coefficient (Wildman–Crippen LogP) is 10.8. The normalized spacial score (nSPS) is 12.4. The zero-order chi connectivity index (χ0) is 38.7. The zero-order valence-corrected chi connectivity index (χ0v) is 34.4. The smallest absolute Gasteiger partial charge is 0.330 e. The Labute approximate surface area is 325 Å². The number of carbonyl (C=O) groups is 3. The summed E-state index contributed by atoms with van der Waals surface area (Å²) in [6, 6.07) is -0.931. The van der Waals surface area contributed by atoms with Crippen LogP contribution >= 0.6 is 0 Å². The Balaban J connectivity index is 4.25. The summed E-state index contributed by atoms with van der Waals surface area (Å²) < 4.78 is 15.9. The molecule has 0 bridgehead atoms. The summed E-state index contributed by atoms with van der Waals surface area (Å²) in [5, 5.41) is 5.57. The monoisotopic (exact) mass is 745 g/mol. The topological polar surface area (TPSA) is 103 Å². The maximum absolute atomic E-state index is 12.9. The molecule has 2 N–H and O–H groups in total. The molecule has 8 nitrogen and oxygen atoms in total. The molecule has 0 aliphatic rings. The van der Waals surface area contributed by atoms with Gasteiger partial charge in [-0.1, -0.05) is 133 Å². The fourth-order valence-corrected chi connectivity index (χ4v) is 5.63. The fraction of sp³-hybridized carbons (Fsp3) is 0.756. The molecule has 0 heterocycles. The van der Waals surface area contributed by atoms with E-state index < -0.39 is 12.0 Å². The minimum atomic E-state index is -0.931. The van der Waals surface area contributed by atoms with Crippen LogP contribution in [0.2, 0.25) is 0 Å². The number of rotatable bonds is 39. The van der Waals surface area contributed by atoms with Gasteiger partial charge >= 0.3 is 5.97 Å². The zero-order valence-electron chi connectivity index (χ0n) is 34.4. The van der Waals surface area contributed by atoms with Crippen LogP contribution in [-0.4, -0.2) is 63.9 Å². The van der Waals surface area contributed by atoms with Crippen molar-refractivity contribution in [3.8, 4) is 0 Å². The lowest BCUT2D eigenvalue weighted by atomic mass is 10.1. The van der Waals surface area contributed by atoms with Gasteiger partial charge in [0, 0.05) is 26.5 Å². The Hall–Kier alpha value is -2.71. The first-order valence-electron chi connectivity index (χ1n) is 21.4. The van der Waals surface area contributed by atoms with Crippen LogP contribution in [0.1, 0.15) is 174 Å². The van der Waals surface area contributed by atoms with E-state index in [9.17, 15) is 14.4 Å². The Morgan fingerprint density at radius 2 is 1.00 bits per heavy atom. The van der Waals surface area contributed by atoms with Crippen LogP contribution in [0, 0.1) is 0 Å². The predicted molar refractivity (Wildman–Crippen MR) is 222 cm³/mol. The second-order valence-electron chi connectivity index (χ2n) is 14.0. The molecule has 0 aromatic heterocycles. The van der Waals surface area contributed by atoms with Crippen LogP contribution in [0.4, 0.5) is 0 Å². The summed E-state index contributed by atoms with van der Waals surface area (Å²) in [6.45, 7) is 5.86. The fourth-order valence-electron chi connectivity index (χ4n) is 5.63. The first-order valence-corrected chi connectivity index (χ1v) is 21.4. The molecule has 0 saturated carbocycles. The number of hydrogen-bond donors (Lipinski definition) is 2. The third-order valence-corrected chi connectivity index (χ3v) is 8.97. The average Bonchev–Trinajstić information content (AvgIpc) is 3.15. The largest absolute Gasteiger partial charge is 0.464 e. The molecule has 8 heteroatoms. The Morgan fingerprint density at radius 1 is 0.509 bits per heavy atom. The molecular weight excluding hydrogens is 665 g/mol. The maximum atomic E-state index is 12.9. The van der Waals surface area contributed by atoms with Crippen molar-refractivity contribution >= 4 is 17.8 Å². The molecule has 0 aromatic rings. The highest BCUT2D eigenvalue weighted by molar-refractivity contribution is 5.85. The number of unbranched alkanes of at least 4 members (excludes halogenated alkanes) is 17. The van der Waals surface area contributed by atoms with Crippen molar-refractivity contribution in [2.24, 2.45) is 0 Å². The van der Waals surface area contributed by atoms with Crippen molar-refractivity contribution in [2.75, 3.05) is 40.1 Å². The van der Waals surface area contributed by atoms with E-state index in [1.807, 2.05) is 0 Å². The van der Waals surface area contributed by atoms with Crippen molar-refractivity contribution in [1.29, 1.82) is 0 Å². The van der Waals surface area contributed by atoms with Gasteiger partial charge in [-0.25, -0.2) is 4.79 Å². The lowest BCUT2D eigenvalue weighted by Gasteiger charge is -2.18. The highest BCUT2D eigenvalue weighted by Crippen LogP contribution is 2.10. The molecule has 0 saturated heterocycles. The van der Waals surface area contributed by atoms with Crippen LogP contribution in [-0.2, 0) is 28.6 Å². The molecule has 0 fully saturated rings. The second-order valence-corrected chi connectivity index (χ2v) is 14.0. The van der Waals surface area contributed by atoms with Gasteiger partial charge in [0.05, 0.1) is 26.4 Å². The van der Waals surface area contributed by atoms with Crippen molar-refractivity contribution in [3.63, 3.8) is 0 Å². The van der Waals surface area contributed by atoms with Crippen molar-refractivity contribution in [1.82, 2.24) is 10.6 Å². The highest BCUT2D eigenvalue weighted by atomic mass is 16.5. The van der Waals surface area contributed by atoms with E-state index in [4.69, 9.17) is 14.2 Å². The Kier molecular flexibility index (Phi) is 39.9. The lowest BCUT2D eigenvalue weighted by molar-refractivity contribution is -0.148. The molecule has 1 atom stereocenters. The van der Waals surface area contributed by atoms with E-state index in [-0.39, 0.29) is 31.4 Å². The third-order valence-electron chi connectivity index (χ3n) is 8.97. The van der Waals surface area contributed by atoms with Crippen molar-refractivity contribution in [2.45, 2.75) is 180 Å². The number of ether oxygens (including phenoxy) is 3. The molecule has 53 heavy (non-hydrogen) atoms. The molecule has 0 radical (unpaired) electrons. The van der Waals surface area contributed by atoms with E-state index in [0.717, 1.165) is 70.6 Å². The molecule has 2 amide bonds. The van der Waals surface area contributed by atoms with Gasteiger partial charge in [0.25, 0.3) is 0 Å². The molecule has 0 rings (SSSR count). The summed E-state index contributed by atoms with van der Waals surface area (Å²) in [5.74, 6) is -0.949. The first-order chi connectivity index (χ1) is 26.0. The SMILES string of the molecule is CCCCC/C=C\C/C=C\CCCCCCCCOC(=O)C(CNC(=O)CCCCCCC/C=C\C/C=C\CCCCC)NC(=O)CCOCCOC. The van der Waals surface area contributed by atoms with Gasteiger partial charge in [0.2, 0.25) is 11.8 Å². The summed E-state index contributed by atoms with van der Waals surface area (Å²) in [5.41, 5.74) is 0. The van der Waals surface area contributed by atoms with Gasteiger partial charge in [0.1, 0.15) is 6.04 Å². The van der Waals surface area contributed by atoms with Gasteiger partial charge in [-0.15, -0.1) is 0 Å². The highest BCUT2D eigenvalue weighted by Gasteiger charge is 2.23. The van der Waals surface area contributed by atoms with Crippen LogP contribution in [0.15, 0.2) is 48.6 Å². The van der Waals surface area contributed by atoms with Crippen molar-refractivity contribution in [3.05, 3.63) is 48.6 Å². The van der Waals surface area contributed by atoms with Crippen molar-refractivity contribution < 1.29 is 28.6 Å². The number of allylic oxidation sites excluding steroid dienone is 8. The molecule has 0 spiro atoms. The minimum Gasteiger partial charge on any atom is -0.464 e. The Bertz CT molecular complexity index is 961. The molecular formula is C45H80N2O6. The van der Waals surface area contributed by atoms with E-state index in [1.165, 1.54) is 77.0 Å². The van der Waals surface area contributed by atoms with E-state index in [2.05, 4.69) is 73.1 Å². The van der Waals surface area contributed by atoms with Gasteiger partial charge in [-0.3, -0.25) is 9.59 Å². The standard InChI is InChI=1S/C45H80N2O6/c1-4-6-8-10-12-14-16-18-20-22-24-26-28-30-32-34-37-53-45(50)42(47-44(49)36-38-52-40-39-51-3)41-46-43(48)35-33-31-29-27-25-23-21-19-17-15-13-11-9-7-5-2/h12-15,18-21,42H,4-11,16-17,22-41H2,1-3H3,(H,46,48)(H,47,49)/b14-12-,15-13-,20-18-,21-19-. The number of hydrogen-bond acceptors (Lipinski definition) is 6. The number of esters is 1. The average molecular weight is 745 g/mol. The van der Waals surface area contributed by atoms with Gasteiger partial charge in [-0.05, 0) is 77.0 Å². The molecule has 0 aliphatic heterocycles. The summed E-state index contributed by atoms with van der Waals surface area (Å²) >= 11 is 0. The van der Waals surface area contributed by atoms with Crippen LogP contribution in [0.25, 0.3) is 0 Å². The number of nitrogens with one attached hydrogen (secondary N) is 2. The molecule has 0 aromatic carbocycles. The van der Waals surface area contributed by atoms with Crippen LogP contribution < -0.4 is 10.6 Å². The molecule has 1 unspecified atom stereocenters. The van der Waals surface area contributed by atoms with Crippen LogP contribution in [0.5, 0.6) is 0 Å². The molecule has 306 valence electrons. The second kappa shape index (κ2) is 42.0. The number of carbonyl (C=O) groups excluding carboxylic acids is 3. The number of amides is 2. The first kappa shape index (κ1) is 50.3. The number of methoxy groups -OCH3 is 1. The molecule has 0 aliphatic carbocycles.